The Bertz CT molecular complexity index is 345. The maximum atomic E-state index is 3.79. The van der Waals surface area contributed by atoms with Gasteiger partial charge in [-0.15, -0.1) is 0 Å². The van der Waals surface area contributed by atoms with Crippen LogP contribution in [0.1, 0.15) is 50.8 Å². The Morgan fingerprint density at radius 1 is 1.38 bits per heavy atom. The van der Waals surface area contributed by atoms with Crippen molar-refractivity contribution in [2.24, 2.45) is 5.92 Å². The second-order valence-corrected chi connectivity index (χ2v) is 5.21. The van der Waals surface area contributed by atoms with Crippen molar-refractivity contribution in [1.82, 2.24) is 5.32 Å². The van der Waals surface area contributed by atoms with Gasteiger partial charge in [0.1, 0.15) is 0 Å². The van der Waals surface area contributed by atoms with Crippen LogP contribution in [-0.4, -0.2) is 6.04 Å². The Balaban J connectivity index is 2.10. The lowest BCUT2D eigenvalue weighted by Gasteiger charge is -2.23. The Morgan fingerprint density at radius 3 is 2.88 bits per heavy atom. The summed E-state index contributed by atoms with van der Waals surface area (Å²) in [7, 11) is 0. The van der Waals surface area contributed by atoms with Crippen LogP contribution in [-0.2, 0) is 6.42 Å². The molecule has 0 fully saturated rings. The van der Waals surface area contributed by atoms with E-state index in [9.17, 15) is 0 Å². The summed E-state index contributed by atoms with van der Waals surface area (Å²) in [6, 6.07) is 10.1. The third-order valence-electron chi connectivity index (χ3n) is 3.69. The second kappa shape index (κ2) is 5.01. The summed E-state index contributed by atoms with van der Waals surface area (Å²) in [5.41, 5.74) is 3.06. The van der Waals surface area contributed by atoms with Crippen molar-refractivity contribution in [1.29, 1.82) is 0 Å². The number of rotatable bonds is 4. The first-order valence-electron chi connectivity index (χ1n) is 6.56. The van der Waals surface area contributed by atoms with Crippen molar-refractivity contribution >= 4 is 0 Å². The number of fused-ring (bicyclic) bond motifs is 1. The molecule has 0 aromatic heterocycles. The maximum Gasteiger partial charge on any atom is 0.0354 e. The summed E-state index contributed by atoms with van der Waals surface area (Å²) in [5, 5.41) is 3.79. The lowest BCUT2D eigenvalue weighted by molar-refractivity contribution is 0.363. The molecule has 0 aliphatic heterocycles. The minimum atomic E-state index is 0.567. The van der Waals surface area contributed by atoms with Crippen molar-refractivity contribution in [3.8, 4) is 0 Å². The smallest absolute Gasteiger partial charge is 0.0354 e. The largest absolute Gasteiger partial charge is 0.307 e. The highest BCUT2D eigenvalue weighted by Gasteiger charge is 2.29. The van der Waals surface area contributed by atoms with Gasteiger partial charge >= 0.3 is 0 Å². The number of benzene rings is 1. The van der Waals surface area contributed by atoms with Crippen LogP contribution in [0.4, 0.5) is 0 Å². The zero-order valence-electron chi connectivity index (χ0n) is 10.7. The van der Waals surface area contributed by atoms with E-state index in [0.717, 1.165) is 5.92 Å². The van der Waals surface area contributed by atoms with Crippen LogP contribution in [0.2, 0.25) is 0 Å². The predicted molar refractivity (Wildman–Crippen MR) is 69.6 cm³/mol. The van der Waals surface area contributed by atoms with Crippen molar-refractivity contribution < 1.29 is 0 Å². The van der Waals surface area contributed by atoms with Gasteiger partial charge in [-0.25, -0.2) is 0 Å². The van der Waals surface area contributed by atoms with E-state index < -0.39 is 0 Å². The molecular weight excluding hydrogens is 194 g/mol. The highest BCUT2D eigenvalue weighted by molar-refractivity contribution is 5.35. The van der Waals surface area contributed by atoms with Gasteiger partial charge < -0.3 is 5.32 Å². The molecule has 1 nitrogen and oxygen atoms in total. The average molecular weight is 217 g/mol. The lowest BCUT2D eigenvalue weighted by atomic mass is 10.0. The fourth-order valence-corrected chi connectivity index (χ4v) is 2.87. The van der Waals surface area contributed by atoms with Crippen molar-refractivity contribution in [2.75, 3.05) is 0 Å². The van der Waals surface area contributed by atoms with Crippen molar-refractivity contribution in [2.45, 2.75) is 52.1 Å². The number of nitrogens with one attached hydrogen (secondary N) is 1. The van der Waals surface area contributed by atoms with E-state index in [-0.39, 0.29) is 0 Å². The summed E-state index contributed by atoms with van der Waals surface area (Å²) in [6.07, 6.45) is 3.76. The fourth-order valence-electron chi connectivity index (χ4n) is 2.87. The van der Waals surface area contributed by atoms with Gasteiger partial charge in [-0.1, -0.05) is 44.5 Å². The summed E-state index contributed by atoms with van der Waals surface area (Å²) in [5.74, 6) is 0.733. The predicted octanol–water partition coefficient (Wildman–Crippen LogP) is 3.70. The molecule has 0 saturated heterocycles. The molecule has 88 valence electrons. The molecule has 16 heavy (non-hydrogen) atoms. The van der Waals surface area contributed by atoms with Crippen molar-refractivity contribution in [3.05, 3.63) is 35.4 Å². The Hall–Kier alpha value is -0.820. The van der Waals surface area contributed by atoms with E-state index in [0.29, 0.717) is 12.1 Å². The topological polar surface area (TPSA) is 12.0 Å². The molecule has 1 aromatic rings. The third kappa shape index (κ3) is 2.30. The Kier molecular flexibility index (Phi) is 3.65. The van der Waals surface area contributed by atoms with Crippen LogP contribution < -0.4 is 5.32 Å². The molecule has 0 bridgehead atoms. The van der Waals surface area contributed by atoms with E-state index in [1.165, 1.54) is 30.4 Å². The first-order valence-corrected chi connectivity index (χ1v) is 6.56. The monoisotopic (exact) mass is 217 g/mol. The van der Waals surface area contributed by atoms with E-state index in [1.807, 2.05) is 0 Å². The van der Waals surface area contributed by atoms with Gasteiger partial charge in [0.2, 0.25) is 0 Å². The first-order chi connectivity index (χ1) is 7.72. The number of hydrogen-bond acceptors (Lipinski definition) is 1. The lowest BCUT2D eigenvalue weighted by Crippen LogP contribution is -2.32. The molecule has 0 radical (unpaired) electrons. The van der Waals surface area contributed by atoms with Crippen molar-refractivity contribution in [3.63, 3.8) is 0 Å². The zero-order valence-corrected chi connectivity index (χ0v) is 10.7. The van der Waals surface area contributed by atoms with E-state index in [1.54, 1.807) is 0 Å². The molecule has 1 aliphatic rings. The van der Waals surface area contributed by atoms with Gasteiger partial charge in [0.05, 0.1) is 0 Å². The molecule has 1 aromatic carbocycles. The molecule has 1 N–H and O–H groups in total. The maximum absolute atomic E-state index is 3.79. The average Bonchev–Trinajstić information content (AvgIpc) is 2.56. The van der Waals surface area contributed by atoms with Crippen LogP contribution in [0, 0.1) is 5.92 Å². The molecule has 1 heteroatoms. The quantitative estimate of drug-likeness (QED) is 0.811. The van der Waals surface area contributed by atoms with Gasteiger partial charge in [0.25, 0.3) is 0 Å². The molecule has 1 aliphatic carbocycles. The molecular formula is C15H23N. The van der Waals surface area contributed by atoms with Gasteiger partial charge in [-0.3, -0.25) is 0 Å². The summed E-state index contributed by atoms with van der Waals surface area (Å²) >= 11 is 0. The fraction of sp³-hybridized carbons (Fsp3) is 0.600. The van der Waals surface area contributed by atoms with Crippen LogP contribution >= 0.6 is 0 Å². The highest BCUT2D eigenvalue weighted by Crippen LogP contribution is 2.35. The van der Waals surface area contributed by atoms with E-state index >= 15 is 0 Å². The minimum absolute atomic E-state index is 0.567. The molecule has 2 rings (SSSR count). The van der Waals surface area contributed by atoms with Crippen LogP contribution in [0.3, 0.4) is 0 Å². The van der Waals surface area contributed by atoms with Gasteiger partial charge in [-0.05, 0) is 36.8 Å². The van der Waals surface area contributed by atoms with Crippen LogP contribution in [0.5, 0.6) is 0 Å². The van der Waals surface area contributed by atoms with E-state index in [2.05, 4.69) is 50.4 Å². The molecule has 0 saturated carbocycles. The van der Waals surface area contributed by atoms with Gasteiger partial charge in [-0.2, -0.15) is 0 Å². The Morgan fingerprint density at radius 2 is 2.12 bits per heavy atom. The molecule has 0 heterocycles. The molecule has 3 atom stereocenters. The highest BCUT2D eigenvalue weighted by atomic mass is 15.0. The Labute approximate surface area is 99.3 Å². The zero-order chi connectivity index (χ0) is 11.5. The van der Waals surface area contributed by atoms with Gasteiger partial charge in [0, 0.05) is 12.1 Å². The minimum Gasteiger partial charge on any atom is -0.307 e. The van der Waals surface area contributed by atoms with Crippen LogP contribution in [0.25, 0.3) is 0 Å². The first kappa shape index (κ1) is 11.7. The summed E-state index contributed by atoms with van der Waals surface area (Å²) in [6.45, 7) is 6.91. The summed E-state index contributed by atoms with van der Waals surface area (Å²) < 4.78 is 0. The second-order valence-electron chi connectivity index (χ2n) is 5.21. The normalized spacial score (nSPS) is 25.4. The third-order valence-corrected chi connectivity index (χ3v) is 3.69. The van der Waals surface area contributed by atoms with E-state index in [4.69, 9.17) is 0 Å². The van der Waals surface area contributed by atoms with Crippen LogP contribution in [0.15, 0.2) is 24.3 Å². The summed E-state index contributed by atoms with van der Waals surface area (Å²) in [4.78, 5) is 0. The molecule has 3 unspecified atom stereocenters. The molecule has 0 spiro atoms. The standard InChI is InChI=1S/C15H23N/c1-4-7-12(3)16-15-11(2)10-13-8-5-6-9-14(13)15/h5-6,8-9,11-12,15-16H,4,7,10H2,1-3H3. The number of hydrogen-bond donors (Lipinski definition) is 1. The SMILES string of the molecule is CCCC(C)NC1c2ccccc2CC1C. The van der Waals surface area contributed by atoms with Gasteiger partial charge in [0.15, 0.2) is 0 Å². The molecule has 0 amide bonds.